The molecule has 2 aromatic rings. The highest BCUT2D eigenvalue weighted by Gasteiger charge is 2.35. The summed E-state index contributed by atoms with van der Waals surface area (Å²) in [6.45, 7) is 4.83. The Morgan fingerprint density at radius 3 is 2.88 bits per heavy atom. The monoisotopic (exact) mass is 331 g/mol. The predicted molar refractivity (Wildman–Crippen MR) is 84.9 cm³/mol. The highest BCUT2D eigenvalue weighted by Crippen LogP contribution is 2.17. The van der Waals surface area contributed by atoms with Gasteiger partial charge >= 0.3 is 0 Å². The summed E-state index contributed by atoms with van der Waals surface area (Å²) < 4.78 is 8.65. The van der Waals surface area contributed by atoms with Gasteiger partial charge in [0.05, 0.1) is 12.3 Å². The van der Waals surface area contributed by atoms with Crippen LogP contribution in [0, 0.1) is 6.92 Å². The molecular weight excluding hydrogens is 310 g/mol. The van der Waals surface area contributed by atoms with Crippen LogP contribution in [0.2, 0.25) is 0 Å². The Balaban J connectivity index is 1.40. The molecule has 128 valence electrons. The minimum Gasteiger partial charge on any atom is -0.380 e. The molecular formula is C15H21N7O2. The van der Waals surface area contributed by atoms with Crippen LogP contribution < -0.4 is 5.32 Å². The van der Waals surface area contributed by atoms with Crippen molar-refractivity contribution < 1.29 is 9.53 Å². The molecule has 4 heterocycles. The normalized spacial score (nSPS) is 21.2. The molecule has 1 amide bonds. The van der Waals surface area contributed by atoms with E-state index < -0.39 is 0 Å². The molecule has 0 aliphatic carbocycles. The van der Waals surface area contributed by atoms with Gasteiger partial charge in [0.2, 0.25) is 0 Å². The molecule has 4 rings (SSSR count). The molecule has 0 spiro atoms. The number of nitrogens with one attached hydrogen (secondary N) is 1. The third-order valence-electron chi connectivity index (χ3n) is 4.58. The summed E-state index contributed by atoms with van der Waals surface area (Å²) in [5.74, 6) is 0.585. The number of nitrogens with zero attached hydrogens (tertiary/aromatic N) is 6. The first-order valence-electron chi connectivity index (χ1n) is 8.17. The van der Waals surface area contributed by atoms with Crippen molar-refractivity contribution in [2.45, 2.75) is 25.4 Å². The number of carbonyl (C=O) groups excluding carboxylic acids is 1. The predicted octanol–water partition coefficient (Wildman–Crippen LogP) is -0.488. The second-order valence-electron chi connectivity index (χ2n) is 6.42. The largest absolute Gasteiger partial charge is 0.380 e. The second-order valence-corrected chi connectivity index (χ2v) is 6.42. The highest BCUT2D eigenvalue weighted by molar-refractivity contribution is 5.94. The van der Waals surface area contributed by atoms with Crippen LogP contribution in [0.4, 0.5) is 0 Å². The van der Waals surface area contributed by atoms with Crippen LogP contribution in [0.25, 0.3) is 5.82 Å². The van der Waals surface area contributed by atoms with E-state index in [1.807, 2.05) is 26.2 Å². The van der Waals surface area contributed by atoms with Gasteiger partial charge < -0.3 is 15.0 Å². The lowest BCUT2D eigenvalue weighted by Gasteiger charge is -2.40. The van der Waals surface area contributed by atoms with E-state index in [1.165, 1.54) is 0 Å². The number of ether oxygens (including phenoxy) is 1. The number of likely N-dealkylation sites (tertiary alicyclic amines) is 1. The van der Waals surface area contributed by atoms with Crippen molar-refractivity contribution in [3.63, 3.8) is 0 Å². The number of aryl methyl sites for hydroxylation is 1. The first-order valence-corrected chi connectivity index (χ1v) is 8.17. The summed E-state index contributed by atoms with van der Waals surface area (Å²) in [5.41, 5.74) is 1.10. The zero-order valence-corrected chi connectivity index (χ0v) is 13.8. The SMILES string of the molecule is Cc1c(C(=O)N2CC(NC3CCOC3)C2)nnn1-c1ccn(C)n1. The molecule has 24 heavy (non-hydrogen) atoms. The van der Waals surface area contributed by atoms with Crippen LogP contribution in [0.3, 0.4) is 0 Å². The van der Waals surface area contributed by atoms with Crippen molar-refractivity contribution in [1.82, 2.24) is 35.0 Å². The van der Waals surface area contributed by atoms with E-state index in [-0.39, 0.29) is 5.91 Å². The maximum atomic E-state index is 12.6. The van der Waals surface area contributed by atoms with Crippen LogP contribution >= 0.6 is 0 Å². The van der Waals surface area contributed by atoms with Crippen molar-refractivity contribution in [3.05, 3.63) is 23.7 Å². The fourth-order valence-corrected chi connectivity index (χ4v) is 3.16. The molecule has 1 atom stereocenters. The van der Waals surface area contributed by atoms with E-state index in [9.17, 15) is 4.79 Å². The average Bonchev–Trinajstić information content (AvgIpc) is 3.23. The van der Waals surface area contributed by atoms with Crippen LogP contribution in [-0.4, -0.2) is 74.0 Å². The molecule has 0 saturated carbocycles. The molecule has 1 N–H and O–H groups in total. The number of hydrogen-bond acceptors (Lipinski definition) is 6. The van der Waals surface area contributed by atoms with Gasteiger partial charge in [-0.05, 0) is 13.3 Å². The Hall–Kier alpha value is -2.26. The van der Waals surface area contributed by atoms with Crippen molar-refractivity contribution >= 4 is 5.91 Å². The summed E-state index contributed by atoms with van der Waals surface area (Å²) in [4.78, 5) is 14.4. The van der Waals surface area contributed by atoms with Crippen LogP contribution in [-0.2, 0) is 11.8 Å². The van der Waals surface area contributed by atoms with Crippen molar-refractivity contribution in [2.24, 2.45) is 7.05 Å². The zero-order chi connectivity index (χ0) is 16.7. The van der Waals surface area contributed by atoms with Gasteiger partial charge in [-0.25, -0.2) is 0 Å². The number of carbonyl (C=O) groups is 1. The van der Waals surface area contributed by atoms with E-state index >= 15 is 0 Å². The number of aromatic nitrogens is 5. The Labute approximate surface area is 139 Å². The van der Waals surface area contributed by atoms with Crippen molar-refractivity contribution in [2.75, 3.05) is 26.3 Å². The molecule has 9 nitrogen and oxygen atoms in total. The number of rotatable bonds is 4. The Kier molecular flexibility index (Phi) is 3.81. The molecule has 9 heteroatoms. The summed E-state index contributed by atoms with van der Waals surface area (Å²) in [6, 6.07) is 2.59. The Bertz CT molecular complexity index is 741. The van der Waals surface area contributed by atoms with Crippen molar-refractivity contribution in [3.8, 4) is 5.82 Å². The van der Waals surface area contributed by atoms with Gasteiger partial charge in [0.25, 0.3) is 5.91 Å². The second kappa shape index (κ2) is 5.99. The molecule has 0 radical (unpaired) electrons. The Morgan fingerprint density at radius 1 is 1.38 bits per heavy atom. The fourth-order valence-electron chi connectivity index (χ4n) is 3.16. The minimum atomic E-state index is -0.0737. The fraction of sp³-hybridized carbons (Fsp3) is 0.600. The lowest BCUT2D eigenvalue weighted by Crippen LogP contribution is -2.61. The first kappa shape index (κ1) is 15.3. The van der Waals surface area contributed by atoms with E-state index in [4.69, 9.17) is 4.74 Å². The van der Waals surface area contributed by atoms with E-state index in [2.05, 4.69) is 20.7 Å². The number of hydrogen-bond donors (Lipinski definition) is 1. The van der Waals surface area contributed by atoms with Gasteiger partial charge in [-0.2, -0.15) is 9.78 Å². The number of amides is 1. The van der Waals surface area contributed by atoms with Crippen LogP contribution in [0.1, 0.15) is 22.6 Å². The summed E-state index contributed by atoms with van der Waals surface area (Å²) in [7, 11) is 1.84. The lowest BCUT2D eigenvalue weighted by molar-refractivity contribution is 0.0541. The van der Waals surface area contributed by atoms with Gasteiger partial charge in [0.15, 0.2) is 11.5 Å². The summed E-state index contributed by atoms with van der Waals surface area (Å²) >= 11 is 0. The van der Waals surface area contributed by atoms with Gasteiger partial charge in [0.1, 0.15) is 0 Å². The third-order valence-corrected chi connectivity index (χ3v) is 4.58. The standard InChI is InChI=1S/C15H21N7O2/c1-10-14(17-19-22(10)13-3-5-20(2)18-13)15(23)21-7-12(8-21)16-11-4-6-24-9-11/h3,5,11-12,16H,4,6-9H2,1-2H3. The minimum absolute atomic E-state index is 0.0737. The molecule has 2 fully saturated rings. The Morgan fingerprint density at radius 2 is 2.21 bits per heavy atom. The van der Waals surface area contributed by atoms with Crippen LogP contribution in [0.5, 0.6) is 0 Å². The van der Waals surface area contributed by atoms with Gasteiger partial charge in [-0.3, -0.25) is 9.48 Å². The average molecular weight is 331 g/mol. The maximum Gasteiger partial charge on any atom is 0.276 e. The molecule has 2 aliphatic heterocycles. The zero-order valence-electron chi connectivity index (χ0n) is 13.8. The van der Waals surface area contributed by atoms with E-state index in [1.54, 1.807) is 14.3 Å². The smallest absolute Gasteiger partial charge is 0.276 e. The van der Waals surface area contributed by atoms with Gasteiger partial charge in [0, 0.05) is 51.1 Å². The van der Waals surface area contributed by atoms with Crippen LogP contribution in [0.15, 0.2) is 12.3 Å². The third kappa shape index (κ3) is 2.69. The summed E-state index contributed by atoms with van der Waals surface area (Å²) in [6.07, 6.45) is 2.87. The van der Waals surface area contributed by atoms with E-state index in [0.29, 0.717) is 42.4 Å². The first-order chi connectivity index (χ1) is 11.6. The topological polar surface area (TPSA) is 90.1 Å². The highest BCUT2D eigenvalue weighted by atomic mass is 16.5. The molecule has 2 aromatic heterocycles. The molecule has 2 aliphatic rings. The van der Waals surface area contributed by atoms with Gasteiger partial charge in [-0.1, -0.05) is 5.21 Å². The maximum absolute atomic E-state index is 12.6. The molecule has 1 unspecified atom stereocenters. The van der Waals surface area contributed by atoms with E-state index in [0.717, 1.165) is 19.6 Å². The molecule has 0 bridgehead atoms. The molecule has 2 saturated heterocycles. The lowest BCUT2D eigenvalue weighted by atomic mass is 10.1. The molecule has 0 aromatic carbocycles. The quantitative estimate of drug-likeness (QED) is 0.813. The van der Waals surface area contributed by atoms with Gasteiger partial charge in [-0.15, -0.1) is 5.10 Å². The summed E-state index contributed by atoms with van der Waals surface area (Å²) in [5, 5.41) is 16.0. The van der Waals surface area contributed by atoms with Crippen molar-refractivity contribution in [1.29, 1.82) is 0 Å².